The summed E-state index contributed by atoms with van der Waals surface area (Å²) in [4.78, 5) is 29.8. The topological polar surface area (TPSA) is 77.0 Å². The first-order valence-corrected chi connectivity index (χ1v) is 7.83. The van der Waals surface area contributed by atoms with Crippen LogP contribution in [-0.2, 0) is 9.59 Å². The Morgan fingerprint density at radius 1 is 1.20 bits per heavy atom. The Morgan fingerprint density at radius 3 is 2.32 bits per heavy atom. The maximum absolute atomic E-state index is 12.2. The average molecular weight is 479 g/mol. The highest BCUT2D eigenvalue weighted by atomic mass is 127. The minimum atomic E-state index is -4.45. The zero-order valence-corrected chi connectivity index (χ0v) is 16.7. The average Bonchev–Trinajstić information content (AvgIpc) is 3.02. The maximum Gasteiger partial charge on any atom is 0.406 e. The Balaban J connectivity index is 0.00000576. The molecular weight excluding hydrogens is 454 g/mol. The summed E-state index contributed by atoms with van der Waals surface area (Å²) in [5.41, 5.74) is 0. The first kappa shape index (κ1) is 23.7. The number of likely N-dealkylation sites (tertiary alicyclic amines) is 1. The van der Waals surface area contributed by atoms with Crippen LogP contribution in [0.1, 0.15) is 19.8 Å². The van der Waals surface area contributed by atoms with Gasteiger partial charge in [0, 0.05) is 26.7 Å². The Morgan fingerprint density at radius 2 is 1.80 bits per heavy atom. The third-order valence-electron chi connectivity index (χ3n) is 3.42. The van der Waals surface area contributed by atoms with Crippen LogP contribution in [0.15, 0.2) is 4.99 Å². The molecule has 0 saturated carbocycles. The Bertz CT molecular complexity index is 468. The fraction of sp³-hybridized carbons (Fsp3) is 0.786. The predicted octanol–water partition coefficient (Wildman–Crippen LogP) is 0.803. The third kappa shape index (κ3) is 9.70. The molecule has 146 valence electrons. The molecule has 0 unspecified atom stereocenters. The molecule has 1 rings (SSSR count). The van der Waals surface area contributed by atoms with Crippen LogP contribution in [0.5, 0.6) is 0 Å². The van der Waals surface area contributed by atoms with Gasteiger partial charge in [-0.1, -0.05) is 0 Å². The number of aliphatic imine (C=N–C) groups is 1. The number of guanidine groups is 1. The molecule has 0 aliphatic carbocycles. The van der Waals surface area contributed by atoms with Crippen molar-refractivity contribution in [2.75, 3.05) is 46.3 Å². The van der Waals surface area contributed by atoms with E-state index in [1.807, 2.05) is 0 Å². The predicted molar refractivity (Wildman–Crippen MR) is 98.9 cm³/mol. The van der Waals surface area contributed by atoms with Gasteiger partial charge in [0.25, 0.3) is 0 Å². The normalized spacial score (nSPS) is 14.8. The van der Waals surface area contributed by atoms with Crippen molar-refractivity contribution in [3.05, 3.63) is 0 Å². The summed E-state index contributed by atoms with van der Waals surface area (Å²) in [6.45, 7) is 2.04. The lowest BCUT2D eigenvalue weighted by atomic mass is 10.4. The van der Waals surface area contributed by atoms with Crippen molar-refractivity contribution in [1.29, 1.82) is 0 Å². The van der Waals surface area contributed by atoms with E-state index in [4.69, 9.17) is 0 Å². The first-order chi connectivity index (χ1) is 11.2. The standard InChI is InChI=1S/C14H24F3N5O2.HI/c1-3-18-13(20-9-12(24)22-6-4-5-7-22)19-8-11(23)21(2)10-14(15,16)17;/h3-10H2,1-2H3,(H2,18,19,20);1H. The number of nitrogens with zero attached hydrogens (tertiary/aromatic N) is 3. The van der Waals surface area contributed by atoms with Crippen LogP contribution >= 0.6 is 24.0 Å². The molecule has 7 nitrogen and oxygen atoms in total. The summed E-state index contributed by atoms with van der Waals surface area (Å²) >= 11 is 0. The second kappa shape index (κ2) is 11.4. The number of likely N-dealkylation sites (N-methyl/N-ethyl adjacent to an activating group) is 1. The Labute approximate surface area is 162 Å². The van der Waals surface area contributed by atoms with E-state index in [9.17, 15) is 22.8 Å². The van der Waals surface area contributed by atoms with Gasteiger partial charge < -0.3 is 20.4 Å². The van der Waals surface area contributed by atoms with E-state index < -0.39 is 25.2 Å². The van der Waals surface area contributed by atoms with Gasteiger partial charge in [-0.2, -0.15) is 13.2 Å². The van der Waals surface area contributed by atoms with Gasteiger partial charge in [0.05, 0.1) is 6.54 Å². The molecule has 1 fully saturated rings. The van der Waals surface area contributed by atoms with E-state index >= 15 is 0 Å². The summed E-state index contributed by atoms with van der Waals surface area (Å²) in [5.74, 6) is -0.604. The molecule has 0 atom stereocenters. The number of nitrogens with one attached hydrogen (secondary N) is 2. The SMILES string of the molecule is CCNC(=NCC(=O)N(C)CC(F)(F)F)NCC(=O)N1CCCC1.I. The monoisotopic (exact) mass is 479 g/mol. The molecular formula is C14H25F3IN5O2. The van der Waals surface area contributed by atoms with Crippen molar-refractivity contribution >= 4 is 41.8 Å². The van der Waals surface area contributed by atoms with E-state index in [0.29, 0.717) is 11.4 Å². The highest BCUT2D eigenvalue weighted by Crippen LogP contribution is 2.15. The summed E-state index contributed by atoms with van der Waals surface area (Å²) in [5, 5.41) is 5.64. The molecule has 0 aromatic heterocycles. The summed E-state index contributed by atoms with van der Waals surface area (Å²) in [6, 6.07) is 0. The van der Waals surface area contributed by atoms with Crippen LogP contribution in [0, 0.1) is 0 Å². The molecule has 1 saturated heterocycles. The second-order valence-corrected chi connectivity index (χ2v) is 5.50. The Hall–Kier alpha value is -1.27. The minimum Gasteiger partial charge on any atom is -0.357 e. The Kier molecular flexibility index (Phi) is 10.8. The van der Waals surface area contributed by atoms with E-state index in [0.717, 1.165) is 33.0 Å². The number of halogens is 4. The van der Waals surface area contributed by atoms with Crippen molar-refractivity contribution < 1.29 is 22.8 Å². The maximum atomic E-state index is 12.2. The van der Waals surface area contributed by atoms with E-state index in [2.05, 4.69) is 15.6 Å². The number of hydrogen-bond donors (Lipinski definition) is 2. The molecule has 1 heterocycles. The van der Waals surface area contributed by atoms with Gasteiger partial charge in [-0.3, -0.25) is 9.59 Å². The lowest BCUT2D eigenvalue weighted by Crippen LogP contribution is -2.44. The summed E-state index contributed by atoms with van der Waals surface area (Å²) in [7, 11) is 1.07. The van der Waals surface area contributed by atoms with Crippen molar-refractivity contribution in [3.63, 3.8) is 0 Å². The molecule has 0 aromatic carbocycles. The molecule has 25 heavy (non-hydrogen) atoms. The summed E-state index contributed by atoms with van der Waals surface area (Å²) in [6.07, 6.45) is -2.47. The molecule has 1 aliphatic rings. The molecule has 0 aromatic rings. The molecule has 0 radical (unpaired) electrons. The fourth-order valence-electron chi connectivity index (χ4n) is 2.20. The van der Waals surface area contributed by atoms with Gasteiger partial charge in [0.2, 0.25) is 11.8 Å². The third-order valence-corrected chi connectivity index (χ3v) is 3.42. The van der Waals surface area contributed by atoms with E-state index in [-0.39, 0.29) is 42.4 Å². The van der Waals surface area contributed by atoms with Crippen LogP contribution in [0.3, 0.4) is 0 Å². The lowest BCUT2D eigenvalue weighted by molar-refractivity contribution is -0.157. The molecule has 1 aliphatic heterocycles. The highest BCUT2D eigenvalue weighted by molar-refractivity contribution is 14.0. The van der Waals surface area contributed by atoms with Gasteiger partial charge >= 0.3 is 6.18 Å². The van der Waals surface area contributed by atoms with Gasteiger partial charge in [0.15, 0.2) is 5.96 Å². The van der Waals surface area contributed by atoms with Crippen molar-refractivity contribution in [2.45, 2.75) is 25.9 Å². The van der Waals surface area contributed by atoms with Crippen molar-refractivity contribution in [2.24, 2.45) is 4.99 Å². The zero-order chi connectivity index (χ0) is 18.2. The molecule has 11 heteroatoms. The highest BCUT2D eigenvalue weighted by Gasteiger charge is 2.31. The molecule has 0 bridgehead atoms. The number of carbonyl (C=O) groups is 2. The van der Waals surface area contributed by atoms with Crippen LogP contribution < -0.4 is 10.6 Å². The lowest BCUT2D eigenvalue weighted by Gasteiger charge is -2.19. The quantitative estimate of drug-likeness (QED) is 0.336. The van der Waals surface area contributed by atoms with Gasteiger partial charge in [-0.05, 0) is 19.8 Å². The summed E-state index contributed by atoms with van der Waals surface area (Å²) < 4.78 is 36.7. The van der Waals surface area contributed by atoms with Crippen molar-refractivity contribution in [3.8, 4) is 0 Å². The largest absolute Gasteiger partial charge is 0.406 e. The molecule has 0 spiro atoms. The van der Waals surface area contributed by atoms with Crippen LogP contribution in [0.4, 0.5) is 13.2 Å². The van der Waals surface area contributed by atoms with Gasteiger partial charge in [0.1, 0.15) is 13.1 Å². The van der Waals surface area contributed by atoms with Crippen LogP contribution in [0.25, 0.3) is 0 Å². The van der Waals surface area contributed by atoms with Gasteiger partial charge in [-0.25, -0.2) is 4.99 Å². The number of rotatable bonds is 6. The van der Waals surface area contributed by atoms with Crippen LogP contribution in [-0.4, -0.2) is 80.1 Å². The fourth-order valence-corrected chi connectivity index (χ4v) is 2.20. The van der Waals surface area contributed by atoms with Crippen LogP contribution in [0.2, 0.25) is 0 Å². The minimum absolute atomic E-state index is 0. The number of carbonyl (C=O) groups excluding carboxylic acids is 2. The second-order valence-electron chi connectivity index (χ2n) is 5.50. The first-order valence-electron chi connectivity index (χ1n) is 7.83. The smallest absolute Gasteiger partial charge is 0.357 e. The van der Waals surface area contributed by atoms with Gasteiger partial charge in [-0.15, -0.1) is 24.0 Å². The number of alkyl halides is 3. The van der Waals surface area contributed by atoms with E-state index in [1.165, 1.54) is 0 Å². The number of hydrogen-bond acceptors (Lipinski definition) is 3. The van der Waals surface area contributed by atoms with Crippen molar-refractivity contribution in [1.82, 2.24) is 20.4 Å². The van der Waals surface area contributed by atoms with E-state index in [1.54, 1.807) is 11.8 Å². The zero-order valence-electron chi connectivity index (χ0n) is 14.4. The molecule has 2 amide bonds. The molecule has 2 N–H and O–H groups in total. The number of amides is 2.